The number of amides is 2. The number of carbonyl (C=O) groups excluding carboxylic acids is 5. The molecule has 3 fully saturated rings. The van der Waals surface area contributed by atoms with E-state index in [0.717, 1.165) is 68.6 Å². The lowest BCUT2D eigenvalue weighted by atomic mass is 9.79. The highest BCUT2D eigenvalue weighted by Gasteiger charge is 2.47. The van der Waals surface area contributed by atoms with E-state index in [-0.39, 0.29) is 29.4 Å². The maximum Gasteiger partial charge on any atom is 0.255 e. The predicted octanol–water partition coefficient (Wildman–Crippen LogP) is 2.72. The minimum Gasteiger partial charge on any atom is -0.372 e. The van der Waals surface area contributed by atoms with Gasteiger partial charge in [-0.25, -0.2) is 4.39 Å². The Morgan fingerprint density at radius 2 is 1.89 bits per heavy atom. The van der Waals surface area contributed by atoms with Crippen LogP contribution in [0.2, 0.25) is 0 Å². The van der Waals surface area contributed by atoms with E-state index in [0.29, 0.717) is 49.3 Å². The van der Waals surface area contributed by atoms with Gasteiger partial charge in [0.1, 0.15) is 23.9 Å². The Kier molecular flexibility index (Phi) is 11.6. The van der Waals surface area contributed by atoms with Gasteiger partial charge in [-0.2, -0.15) is 0 Å². The summed E-state index contributed by atoms with van der Waals surface area (Å²) in [5, 5.41) is 2.48. The fourth-order valence-corrected chi connectivity index (χ4v) is 6.88. The molecule has 1 spiro atoms. The lowest BCUT2D eigenvalue weighted by Gasteiger charge is -2.50. The summed E-state index contributed by atoms with van der Waals surface area (Å²) in [4.78, 5) is 71.6. The van der Waals surface area contributed by atoms with Gasteiger partial charge < -0.3 is 29.7 Å². The van der Waals surface area contributed by atoms with Crippen molar-refractivity contribution < 1.29 is 28.4 Å². The smallest absolute Gasteiger partial charge is 0.255 e. The maximum atomic E-state index is 15.5. The van der Waals surface area contributed by atoms with Crippen molar-refractivity contribution in [2.75, 3.05) is 64.8 Å². The number of benzene rings is 1. The molecular formula is C34H45FN6O5. The minimum atomic E-state index is -0.932. The molecule has 0 aromatic heterocycles. The largest absolute Gasteiger partial charge is 0.372 e. The van der Waals surface area contributed by atoms with Gasteiger partial charge in [-0.3, -0.25) is 24.2 Å². The van der Waals surface area contributed by atoms with E-state index in [9.17, 15) is 24.0 Å². The molecule has 11 nitrogen and oxygen atoms in total. The number of piperidine rings is 1. The molecule has 3 saturated heterocycles. The highest BCUT2D eigenvalue weighted by molar-refractivity contribution is 6.33. The number of halogens is 1. The van der Waals surface area contributed by atoms with Gasteiger partial charge in [-0.05, 0) is 63.3 Å². The normalized spacial score (nSPS) is 19.4. The SMILES string of the molecule is C=CC(C=O)=N/C=C(\C)N1CC2(CCN(CC3CCN(c4cc(C=O)c(C(=O)N(C)C(CCC=O)C(=O)NC)cc4F)CC3)C2)C1. The summed E-state index contributed by atoms with van der Waals surface area (Å²) in [6.45, 7) is 11.9. The molecule has 3 heterocycles. The molecule has 12 heteroatoms. The molecule has 1 aromatic carbocycles. The number of rotatable bonds is 14. The van der Waals surface area contributed by atoms with Crippen molar-refractivity contribution in [1.29, 1.82) is 0 Å². The molecule has 0 radical (unpaired) electrons. The summed E-state index contributed by atoms with van der Waals surface area (Å²) in [5.74, 6) is -1.22. The molecule has 46 heavy (non-hydrogen) atoms. The first-order valence-corrected chi connectivity index (χ1v) is 15.8. The number of likely N-dealkylation sites (tertiary alicyclic amines) is 2. The number of hydrogen-bond acceptors (Lipinski definition) is 9. The number of anilines is 1. The molecular weight excluding hydrogens is 591 g/mol. The zero-order valence-electron chi connectivity index (χ0n) is 27.0. The summed E-state index contributed by atoms with van der Waals surface area (Å²) in [5.41, 5.74) is 1.86. The van der Waals surface area contributed by atoms with Gasteiger partial charge in [0.25, 0.3) is 5.91 Å². The number of aliphatic imine (C=N–C) groups is 1. The number of nitrogens with one attached hydrogen (secondary N) is 1. The van der Waals surface area contributed by atoms with Gasteiger partial charge in [0.05, 0.1) is 11.3 Å². The predicted molar refractivity (Wildman–Crippen MR) is 174 cm³/mol. The summed E-state index contributed by atoms with van der Waals surface area (Å²) in [6.07, 6.45) is 8.18. The lowest BCUT2D eigenvalue weighted by Crippen LogP contribution is -2.56. The molecule has 1 N–H and O–H groups in total. The zero-order chi connectivity index (χ0) is 33.4. The summed E-state index contributed by atoms with van der Waals surface area (Å²) in [6, 6.07) is 1.58. The third kappa shape index (κ3) is 7.78. The van der Waals surface area contributed by atoms with E-state index in [1.165, 1.54) is 26.2 Å². The van der Waals surface area contributed by atoms with Crippen LogP contribution >= 0.6 is 0 Å². The lowest BCUT2D eigenvalue weighted by molar-refractivity contribution is -0.125. The van der Waals surface area contributed by atoms with Gasteiger partial charge in [-0.1, -0.05) is 6.58 Å². The molecule has 1 atom stereocenters. The Labute approximate surface area is 270 Å². The highest BCUT2D eigenvalue weighted by Crippen LogP contribution is 2.42. The van der Waals surface area contributed by atoms with Crippen LogP contribution in [-0.2, 0) is 14.4 Å². The minimum absolute atomic E-state index is 0.0556. The standard InChI is InChI=1S/C34H45FN6O5/c1-5-27(20-44)37-17-24(2)41-22-34(23-41)10-13-39(21-34)18-25-8-11-40(12-9-25)31-15-26(19-43)28(16-29(31)35)33(46)38(4)30(7-6-14-42)32(45)36-3/h5,14-17,19-20,25,30H,1,6-13,18,21-23H2,2-4H3,(H,36,45)/b24-17+,37-27?. The molecule has 1 unspecified atom stereocenters. The van der Waals surface area contributed by atoms with Crippen LogP contribution < -0.4 is 10.2 Å². The van der Waals surface area contributed by atoms with Crippen molar-refractivity contribution in [3.63, 3.8) is 0 Å². The monoisotopic (exact) mass is 636 g/mol. The van der Waals surface area contributed by atoms with Gasteiger partial charge in [0.15, 0.2) is 12.6 Å². The molecule has 1 aromatic rings. The fourth-order valence-electron chi connectivity index (χ4n) is 6.88. The Morgan fingerprint density at radius 3 is 2.50 bits per heavy atom. The second-order valence-electron chi connectivity index (χ2n) is 12.7. The van der Waals surface area contributed by atoms with E-state index in [4.69, 9.17) is 0 Å². The molecule has 0 saturated carbocycles. The van der Waals surface area contributed by atoms with Crippen LogP contribution in [0.1, 0.15) is 59.7 Å². The van der Waals surface area contributed by atoms with Gasteiger partial charge in [0, 0.05) is 82.7 Å². The first-order chi connectivity index (χ1) is 22.1. The molecule has 3 aliphatic heterocycles. The van der Waals surface area contributed by atoms with Crippen molar-refractivity contribution in [1.82, 2.24) is 20.0 Å². The van der Waals surface area contributed by atoms with Gasteiger partial charge in [-0.15, -0.1) is 0 Å². The Bertz CT molecular complexity index is 1390. The van der Waals surface area contributed by atoms with Crippen LogP contribution in [0.5, 0.6) is 0 Å². The van der Waals surface area contributed by atoms with Gasteiger partial charge in [0.2, 0.25) is 5.91 Å². The average Bonchev–Trinajstić information content (AvgIpc) is 3.48. The second-order valence-corrected chi connectivity index (χ2v) is 12.7. The number of likely N-dealkylation sites (N-methyl/N-ethyl adjacent to an activating group) is 2. The van der Waals surface area contributed by atoms with E-state index in [1.54, 1.807) is 6.20 Å². The first kappa shape index (κ1) is 34.7. The van der Waals surface area contributed by atoms with Crippen molar-refractivity contribution in [3.05, 3.63) is 53.6 Å². The Morgan fingerprint density at radius 1 is 1.17 bits per heavy atom. The van der Waals surface area contributed by atoms with Crippen molar-refractivity contribution in [2.45, 2.75) is 45.1 Å². The molecule has 4 rings (SSSR count). The van der Waals surface area contributed by atoms with E-state index < -0.39 is 23.7 Å². The van der Waals surface area contributed by atoms with E-state index in [1.807, 2.05) is 11.8 Å². The van der Waals surface area contributed by atoms with Crippen LogP contribution in [-0.4, -0.2) is 117 Å². The van der Waals surface area contributed by atoms with Crippen LogP contribution in [0.4, 0.5) is 10.1 Å². The number of nitrogens with zero attached hydrogens (tertiary/aromatic N) is 5. The van der Waals surface area contributed by atoms with Crippen molar-refractivity contribution in [2.24, 2.45) is 16.3 Å². The highest BCUT2D eigenvalue weighted by atomic mass is 19.1. The molecule has 0 aliphatic carbocycles. The fraction of sp³-hybridized carbons (Fsp3) is 0.529. The molecule has 0 bridgehead atoms. The third-order valence-corrected chi connectivity index (χ3v) is 9.64. The van der Waals surface area contributed by atoms with Crippen LogP contribution in [0.15, 0.2) is 41.7 Å². The quantitative estimate of drug-likeness (QED) is 0.245. The molecule has 3 aliphatic rings. The summed E-state index contributed by atoms with van der Waals surface area (Å²) < 4.78 is 15.5. The van der Waals surface area contributed by atoms with E-state index >= 15 is 4.39 Å². The van der Waals surface area contributed by atoms with Crippen molar-refractivity contribution >= 4 is 42.1 Å². The summed E-state index contributed by atoms with van der Waals surface area (Å²) in [7, 11) is 2.84. The summed E-state index contributed by atoms with van der Waals surface area (Å²) >= 11 is 0. The Hall–Kier alpha value is -4.19. The zero-order valence-corrected chi connectivity index (χ0v) is 27.0. The average molecular weight is 637 g/mol. The second kappa shape index (κ2) is 15.4. The topological polar surface area (TPSA) is 123 Å². The van der Waals surface area contributed by atoms with Crippen LogP contribution in [0.25, 0.3) is 0 Å². The molecule has 2 amide bonds. The molecule has 248 valence electrons. The first-order valence-electron chi connectivity index (χ1n) is 15.8. The van der Waals surface area contributed by atoms with Crippen LogP contribution in [0.3, 0.4) is 0 Å². The number of allylic oxidation sites excluding steroid dienone is 2. The third-order valence-electron chi connectivity index (χ3n) is 9.64. The van der Waals surface area contributed by atoms with Gasteiger partial charge >= 0.3 is 0 Å². The van der Waals surface area contributed by atoms with Crippen LogP contribution in [0, 0.1) is 17.2 Å². The van der Waals surface area contributed by atoms with Crippen molar-refractivity contribution in [3.8, 4) is 0 Å². The number of hydrogen-bond donors (Lipinski definition) is 1. The maximum absolute atomic E-state index is 15.5. The van der Waals surface area contributed by atoms with E-state index in [2.05, 4.69) is 26.7 Å². The number of aldehydes is 3. The Balaban J connectivity index is 1.32. The number of carbonyl (C=O) groups is 5.